The lowest BCUT2D eigenvalue weighted by molar-refractivity contribution is 0.0643. The van der Waals surface area contributed by atoms with Crippen LogP contribution in [0.3, 0.4) is 0 Å². The predicted molar refractivity (Wildman–Crippen MR) is 131 cm³/mol. The first kappa shape index (κ1) is 27.1. The molecular weight excluding hydrogens is 472 g/mol. The van der Waals surface area contributed by atoms with E-state index in [2.05, 4.69) is 5.32 Å². The minimum atomic E-state index is -1.72. The van der Waals surface area contributed by atoms with Gasteiger partial charge in [-0.15, -0.1) is 4.31 Å². The second-order valence-corrected chi connectivity index (χ2v) is 10.5. The average Bonchev–Trinajstić information content (AvgIpc) is 3.32. The van der Waals surface area contributed by atoms with Crippen molar-refractivity contribution in [2.24, 2.45) is 5.92 Å². The average molecular weight is 507 g/mol. The van der Waals surface area contributed by atoms with E-state index in [1.165, 1.54) is 18.2 Å². The molecule has 2 aromatic rings. The van der Waals surface area contributed by atoms with Crippen molar-refractivity contribution in [2.45, 2.75) is 49.8 Å². The molecule has 9 nitrogen and oxygen atoms in total. The van der Waals surface area contributed by atoms with Crippen LogP contribution in [0.15, 0.2) is 53.4 Å². The molecule has 0 spiro atoms. The molecule has 1 heterocycles. The number of aliphatic hydroxyl groups excluding tert-OH is 1. The van der Waals surface area contributed by atoms with Gasteiger partial charge in [-0.3, -0.25) is 0 Å². The minimum Gasteiger partial charge on any atom is -0.593 e. The van der Waals surface area contributed by atoms with Crippen molar-refractivity contribution in [3.8, 4) is 11.5 Å². The number of hydrogen-bond donors (Lipinski definition) is 4. The fourth-order valence-corrected chi connectivity index (χ4v) is 5.22. The smallest absolute Gasteiger partial charge is 0.407 e. The number of carbonyl (C=O) groups excluding carboxylic acids is 1. The second-order valence-electron chi connectivity index (χ2n) is 9.04. The van der Waals surface area contributed by atoms with Gasteiger partial charge < -0.3 is 34.7 Å². The number of amides is 1. The van der Waals surface area contributed by atoms with Gasteiger partial charge in [-0.1, -0.05) is 44.2 Å². The number of ether oxygens (including phenoxy) is 2. The summed E-state index contributed by atoms with van der Waals surface area (Å²) in [6.07, 6.45) is -1.06. The van der Waals surface area contributed by atoms with Crippen LogP contribution >= 0.6 is 0 Å². The number of benzene rings is 2. The first-order valence-corrected chi connectivity index (χ1v) is 12.8. The summed E-state index contributed by atoms with van der Waals surface area (Å²) in [6.45, 7) is 5.21. The van der Waals surface area contributed by atoms with E-state index in [-0.39, 0.29) is 30.1 Å². The summed E-state index contributed by atoms with van der Waals surface area (Å²) in [5.41, 5.74) is 0.918. The lowest BCUT2D eigenvalue weighted by atomic mass is 10.0. The predicted octanol–water partition coefficient (Wildman–Crippen LogP) is 2.57. The number of alkyl carbamates (subject to hydrolysis) is 1. The van der Waals surface area contributed by atoms with E-state index in [1.807, 2.05) is 44.2 Å². The molecule has 1 saturated heterocycles. The van der Waals surface area contributed by atoms with E-state index in [1.54, 1.807) is 4.31 Å². The Hall–Kier alpha value is -2.50. The standard InChI is InChI=1S/C25H34N2O7S/c1-17(2)14-27(35(32)20-8-9-22(28)23(29)13-20)15-24(30)21(12-18-6-4-3-5-7-18)26-25(31)34-19-10-11-33-16-19/h3-9,13,17,19,21,24,28-30H,10-12,14-16H2,1-2H3,(H,26,31)/t19-,21-,24+,35?/m0/s1. The van der Waals surface area contributed by atoms with Crippen LogP contribution < -0.4 is 5.32 Å². The van der Waals surface area contributed by atoms with Crippen LogP contribution in [0.5, 0.6) is 11.5 Å². The van der Waals surface area contributed by atoms with E-state index < -0.39 is 29.6 Å². The topological polar surface area (TPSA) is 135 Å². The summed E-state index contributed by atoms with van der Waals surface area (Å²) in [7, 11) is 0. The van der Waals surface area contributed by atoms with Crippen molar-refractivity contribution >= 4 is 17.5 Å². The van der Waals surface area contributed by atoms with Crippen LogP contribution in [-0.2, 0) is 27.3 Å². The van der Waals surface area contributed by atoms with Gasteiger partial charge in [-0.05, 0) is 30.0 Å². The maximum atomic E-state index is 13.3. The monoisotopic (exact) mass is 506 g/mol. The molecule has 10 heteroatoms. The molecule has 0 bridgehead atoms. The number of rotatable bonds is 11. The molecule has 0 aromatic heterocycles. The van der Waals surface area contributed by atoms with Crippen LogP contribution in [0.2, 0.25) is 0 Å². The quantitative estimate of drug-likeness (QED) is 0.270. The number of phenols is 2. The maximum Gasteiger partial charge on any atom is 0.407 e. The van der Waals surface area contributed by atoms with E-state index in [4.69, 9.17) is 9.47 Å². The van der Waals surface area contributed by atoms with E-state index >= 15 is 0 Å². The molecule has 1 amide bonds. The molecule has 1 fully saturated rings. The number of hydrogen-bond acceptors (Lipinski definition) is 8. The van der Waals surface area contributed by atoms with E-state index in [0.29, 0.717) is 37.5 Å². The first-order chi connectivity index (χ1) is 16.7. The molecule has 1 unspecified atom stereocenters. The molecule has 192 valence electrons. The van der Waals surface area contributed by atoms with Gasteiger partial charge in [0.25, 0.3) is 0 Å². The van der Waals surface area contributed by atoms with E-state index in [0.717, 1.165) is 5.56 Å². The number of aliphatic hydroxyl groups is 1. The zero-order valence-corrected chi connectivity index (χ0v) is 20.8. The van der Waals surface area contributed by atoms with Gasteiger partial charge in [0.15, 0.2) is 16.4 Å². The molecule has 4 N–H and O–H groups in total. The van der Waals surface area contributed by atoms with Crippen molar-refractivity contribution < 1.29 is 34.1 Å². The van der Waals surface area contributed by atoms with E-state index in [9.17, 15) is 24.7 Å². The highest BCUT2D eigenvalue weighted by atomic mass is 32.2. The molecular formula is C25H34N2O7S. The van der Waals surface area contributed by atoms with Gasteiger partial charge in [0.2, 0.25) is 0 Å². The summed E-state index contributed by atoms with van der Waals surface area (Å²) in [5, 5.41) is 33.4. The third-order valence-electron chi connectivity index (χ3n) is 5.57. The highest BCUT2D eigenvalue weighted by Gasteiger charge is 2.32. The van der Waals surface area contributed by atoms with Crippen LogP contribution in [0.4, 0.5) is 4.79 Å². The van der Waals surface area contributed by atoms with Crippen molar-refractivity contribution in [3.63, 3.8) is 0 Å². The Balaban J connectivity index is 1.75. The minimum absolute atomic E-state index is 0.00322. The van der Waals surface area contributed by atoms with Gasteiger partial charge in [0.1, 0.15) is 6.10 Å². The fraction of sp³-hybridized carbons (Fsp3) is 0.480. The SMILES string of the molecule is CC(C)CN(C[C@@H](O)[C@H](Cc1ccccc1)NC(=O)O[C@H]1CCOC1)[S+]([O-])c1ccc(O)c(O)c1. The Morgan fingerprint density at radius 1 is 1.20 bits per heavy atom. The third-order valence-corrected chi connectivity index (χ3v) is 6.99. The maximum absolute atomic E-state index is 13.3. The van der Waals surface area contributed by atoms with Gasteiger partial charge in [0.05, 0.1) is 43.3 Å². The largest absolute Gasteiger partial charge is 0.593 e. The lowest BCUT2D eigenvalue weighted by Gasteiger charge is -2.31. The first-order valence-electron chi connectivity index (χ1n) is 11.7. The Bertz CT molecular complexity index is 941. The third kappa shape index (κ3) is 8.29. The molecule has 4 atom stereocenters. The molecule has 3 rings (SSSR count). The molecule has 1 aliphatic heterocycles. The number of nitrogens with zero attached hydrogens (tertiary/aromatic N) is 1. The summed E-state index contributed by atoms with van der Waals surface area (Å²) in [5.74, 6) is -0.549. The van der Waals surface area contributed by atoms with Crippen molar-refractivity contribution in [3.05, 3.63) is 54.1 Å². The number of nitrogens with one attached hydrogen (secondary N) is 1. The van der Waals surface area contributed by atoms with Gasteiger partial charge in [0, 0.05) is 19.0 Å². The fourth-order valence-electron chi connectivity index (χ4n) is 3.81. The highest BCUT2D eigenvalue weighted by Crippen LogP contribution is 2.29. The molecule has 1 aliphatic rings. The van der Waals surface area contributed by atoms with Crippen molar-refractivity contribution in [1.82, 2.24) is 9.62 Å². The molecule has 0 radical (unpaired) electrons. The van der Waals surface area contributed by atoms with Gasteiger partial charge >= 0.3 is 6.09 Å². The summed E-state index contributed by atoms with van der Waals surface area (Å²) in [6, 6.07) is 12.7. The summed E-state index contributed by atoms with van der Waals surface area (Å²) < 4.78 is 25.6. The van der Waals surface area contributed by atoms with Gasteiger partial charge in [-0.25, -0.2) is 4.79 Å². The zero-order chi connectivity index (χ0) is 25.4. The molecule has 2 aromatic carbocycles. The molecule has 0 saturated carbocycles. The molecule has 35 heavy (non-hydrogen) atoms. The lowest BCUT2D eigenvalue weighted by Crippen LogP contribution is -2.51. The van der Waals surface area contributed by atoms with Crippen LogP contribution in [0, 0.1) is 5.92 Å². The van der Waals surface area contributed by atoms with Crippen molar-refractivity contribution in [2.75, 3.05) is 26.3 Å². The Kier molecular flexibility index (Phi) is 10.1. The van der Waals surface area contributed by atoms with Crippen LogP contribution in [0.25, 0.3) is 0 Å². The zero-order valence-electron chi connectivity index (χ0n) is 20.0. The van der Waals surface area contributed by atoms with Crippen molar-refractivity contribution in [1.29, 1.82) is 0 Å². The summed E-state index contributed by atoms with van der Waals surface area (Å²) in [4.78, 5) is 12.9. The second kappa shape index (κ2) is 13.0. The number of phenolic OH excluding ortho intramolecular Hbond substituents is 2. The molecule has 0 aliphatic carbocycles. The highest BCUT2D eigenvalue weighted by molar-refractivity contribution is 7.89. The Labute approximate surface area is 209 Å². The van der Waals surface area contributed by atoms with Crippen LogP contribution in [0.1, 0.15) is 25.8 Å². The normalized spacial score (nSPS) is 18.4. The summed E-state index contributed by atoms with van der Waals surface area (Å²) >= 11 is -1.72. The number of carbonyl (C=O) groups is 1. The Morgan fingerprint density at radius 2 is 1.94 bits per heavy atom. The Morgan fingerprint density at radius 3 is 2.57 bits per heavy atom. The van der Waals surface area contributed by atoms with Gasteiger partial charge in [-0.2, -0.15) is 0 Å². The van der Waals surface area contributed by atoms with Crippen LogP contribution in [-0.4, -0.2) is 74.8 Å². The number of aromatic hydroxyl groups is 2.